The van der Waals surface area contributed by atoms with E-state index < -0.39 is 0 Å². The van der Waals surface area contributed by atoms with E-state index in [0.29, 0.717) is 23.7 Å². The Balaban J connectivity index is 2.80. The maximum absolute atomic E-state index is 12.5. The summed E-state index contributed by atoms with van der Waals surface area (Å²) in [6, 6.07) is 0. The van der Waals surface area contributed by atoms with Crippen molar-refractivity contribution >= 4 is 28.2 Å². The number of ether oxygens (including phenoxy) is 1. The van der Waals surface area contributed by atoms with Crippen LogP contribution in [0, 0.1) is 13.8 Å². The van der Waals surface area contributed by atoms with Gasteiger partial charge in [-0.1, -0.05) is 26.7 Å². The molecule has 0 radical (unpaired) electrons. The van der Waals surface area contributed by atoms with Crippen molar-refractivity contribution < 1.29 is 14.3 Å². The molecule has 0 aliphatic heterocycles. The van der Waals surface area contributed by atoms with Gasteiger partial charge in [-0.3, -0.25) is 9.69 Å². The van der Waals surface area contributed by atoms with Gasteiger partial charge in [-0.15, -0.1) is 11.3 Å². The van der Waals surface area contributed by atoms with Crippen LogP contribution < -0.4 is 5.32 Å². The highest BCUT2D eigenvalue weighted by Crippen LogP contribution is 2.33. The van der Waals surface area contributed by atoms with E-state index in [1.807, 2.05) is 13.8 Å². The number of thiophene rings is 1. The predicted molar refractivity (Wildman–Crippen MR) is 105 cm³/mol. The van der Waals surface area contributed by atoms with Crippen LogP contribution in [0.25, 0.3) is 0 Å². The number of nitrogens with zero attached hydrogens (tertiary/aromatic N) is 1. The monoisotopic (exact) mass is 368 g/mol. The van der Waals surface area contributed by atoms with Crippen LogP contribution in [-0.2, 0) is 9.53 Å². The molecule has 1 heterocycles. The van der Waals surface area contributed by atoms with Gasteiger partial charge in [-0.05, 0) is 52.3 Å². The summed E-state index contributed by atoms with van der Waals surface area (Å²) in [6.45, 7) is 12.5. The van der Waals surface area contributed by atoms with Crippen LogP contribution in [0.1, 0.15) is 67.3 Å². The molecule has 1 N–H and O–H groups in total. The number of hydrogen-bond acceptors (Lipinski definition) is 5. The normalized spacial score (nSPS) is 11.0. The molecule has 142 valence electrons. The molecule has 0 aliphatic carbocycles. The third kappa shape index (κ3) is 6.78. The van der Waals surface area contributed by atoms with Crippen LogP contribution in [0.15, 0.2) is 0 Å². The van der Waals surface area contributed by atoms with Crippen LogP contribution in [0.5, 0.6) is 0 Å². The van der Waals surface area contributed by atoms with Crippen molar-refractivity contribution in [2.24, 2.45) is 0 Å². The van der Waals surface area contributed by atoms with Crippen molar-refractivity contribution in [2.75, 3.05) is 31.6 Å². The molecular formula is C19H32N2O3S. The third-order valence-corrected chi connectivity index (χ3v) is 5.26. The van der Waals surface area contributed by atoms with Crippen LogP contribution in [0.4, 0.5) is 5.00 Å². The number of rotatable bonds is 11. The quantitative estimate of drug-likeness (QED) is 0.589. The van der Waals surface area contributed by atoms with Gasteiger partial charge in [0.2, 0.25) is 5.91 Å². The number of esters is 1. The minimum absolute atomic E-state index is 0.0704. The van der Waals surface area contributed by atoms with Crippen LogP contribution in [0.3, 0.4) is 0 Å². The van der Waals surface area contributed by atoms with Crippen LogP contribution in [0.2, 0.25) is 0 Å². The van der Waals surface area contributed by atoms with E-state index in [1.54, 1.807) is 6.92 Å². The summed E-state index contributed by atoms with van der Waals surface area (Å²) in [5, 5.41) is 3.53. The van der Waals surface area contributed by atoms with E-state index in [9.17, 15) is 9.59 Å². The summed E-state index contributed by atoms with van der Waals surface area (Å²) >= 11 is 1.44. The average Bonchev–Trinajstić information content (AvgIpc) is 2.84. The minimum Gasteiger partial charge on any atom is -0.462 e. The lowest BCUT2D eigenvalue weighted by Crippen LogP contribution is -2.34. The third-order valence-electron chi connectivity index (χ3n) is 4.14. The Morgan fingerprint density at radius 1 is 1.08 bits per heavy atom. The number of aryl methyl sites for hydroxylation is 1. The highest BCUT2D eigenvalue weighted by atomic mass is 32.1. The van der Waals surface area contributed by atoms with Gasteiger partial charge in [0, 0.05) is 4.88 Å². The van der Waals surface area contributed by atoms with Gasteiger partial charge in [0.15, 0.2) is 0 Å². The van der Waals surface area contributed by atoms with Gasteiger partial charge in [-0.2, -0.15) is 0 Å². The van der Waals surface area contributed by atoms with Crippen LogP contribution >= 0.6 is 11.3 Å². The molecule has 6 heteroatoms. The molecule has 1 aromatic rings. The second-order valence-corrected chi connectivity index (χ2v) is 7.46. The van der Waals surface area contributed by atoms with Crippen LogP contribution in [-0.4, -0.2) is 43.0 Å². The van der Waals surface area contributed by atoms with Crippen molar-refractivity contribution in [3.8, 4) is 0 Å². The molecule has 1 amide bonds. The number of carbonyl (C=O) groups is 2. The van der Waals surface area contributed by atoms with E-state index in [4.69, 9.17) is 4.74 Å². The maximum Gasteiger partial charge on any atom is 0.341 e. The fourth-order valence-electron chi connectivity index (χ4n) is 2.57. The molecule has 0 fully saturated rings. The average molecular weight is 369 g/mol. The first-order valence-corrected chi connectivity index (χ1v) is 10.0. The topological polar surface area (TPSA) is 58.6 Å². The zero-order chi connectivity index (χ0) is 18.8. The highest BCUT2D eigenvalue weighted by molar-refractivity contribution is 7.16. The number of carbonyl (C=O) groups excluding carboxylic acids is 2. The van der Waals surface area contributed by atoms with E-state index in [-0.39, 0.29) is 11.9 Å². The summed E-state index contributed by atoms with van der Waals surface area (Å²) < 4.78 is 5.14. The summed E-state index contributed by atoms with van der Waals surface area (Å²) in [5.41, 5.74) is 1.37. The molecule has 0 atom stereocenters. The molecule has 0 unspecified atom stereocenters. The lowest BCUT2D eigenvalue weighted by atomic mass is 10.1. The lowest BCUT2D eigenvalue weighted by Gasteiger charge is -2.21. The zero-order valence-electron chi connectivity index (χ0n) is 16.2. The summed E-state index contributed by atoms with van der Waals surface area (Å²) in [6.07, 6.45) is 4.39. The van der Waals surface area contributed by atoms with Gasteiger partial charge in [0.05, 0.1) is 18.7 Å². The Morgan fingerprint density at radius 3 is 2.20 bits per heavy atom. The Hall–Kier alpha value is -1.40. The molecule has 0 saturated carbocycles. The van der Waals surface area contributed by atoms with Crippen molar-refractivity contribution in [1.82, 2.24) is 4.90 Å². The van der Waals surface area contributed by atoms with E-state index >= 15 is 0 Å². The molecule has 0 saturated heterocycles. The Labute approximate surface area is 155 Å². The first-order valence-electron chi connectivity index (χ1n) is 9.23. The molecule has 5 nitrogen and oxygen atoms in total. The molecule has 0 aliphatic rings. The van der Waals surface area contributed by atoms with Crippen molar-refractivity contribution in [3.05, 3.63) is 16.0 Å². The molecule has 25 heavy (non-hydrogen) atoms. The molecular weight excluding hydrogens is 336 g/mol. The molecule has 1 aromatic heterocycles. The zero-order valence-corrected chi connectivity index (χ0v) is 17.1. The van der Waals surface area contributed by atoms with Crippen molar-refractivity contribution in [2.45, 2.75) is 60.3 Å². The van der Waals surface area contributed by atoms with Crippen molar-refractivity contribution in [3.63, 3.8) is 0 Å². The standard InChI is InChI=1S/C19H32N2O3S/c1-6-9-11-21(12-10-7-2)13-16(22)20-18-17(19(23)24-8-3)14(4)15(5)25-18/h6-13H2,1-5H3,(H,20,22). The van der Waals surface area contributed by atoms with Crippen molar-refractivity contribution in [1.29, 1.82) is 0 Å². The van der Waals surface area contributed by atoms with Gasteiger partial charge < -0.3 is 10.1 Å². The van der Waals surface area contributed by atoms with E-state index in [0.717, 1.165) is 49.2 Å². The number of unbranched alkanes of at least 4 members (excludes halogenated alkanes) is 2. The molecule has 0 spiro atoms. The minimum atomic E-state index is -0.367. The Morgan fingerprint density at radius 2 is 1.68 bits per heavy atom. The Kier molecular flexibility index (Phi) is 9.75. The molecule has 1 rings (SSSR count). The summed E-state index contributed by atoms with van der Waals surface area (Å²) in [5.74, 6) is -0.438. The molecule has 0 bridgehead atoms. The number of nitrogens with one attached hydrogen (secondary N) is 1. The maximum atomic E-state index is 12.5. The fourth-order valence-corrected chi connectivity index (χ4v) is 3.63. The fraction of sp³-hybridized carbons (Fsp3) is 0.684. The summed E-state index contributed by atoms with van der Waals surface area (Å²) in [7, 11) is 0. The highest BCUT2D eigenvalue weighted by Gasteiger charge is 2.22. The second-order valence-electron chi connectivity index (χ2n) is 6.24. The summed E-state index contributed by atoms with van der Waals surface area (Å²) in [4.78, 5) is 27.9. The van der Waals surface area contributed by atoms with E-state index in [2.05, 4.69) is 24.1 Å². The first kappa shape index (κ1) is 21.6. The van der Waals surface area contributed by atoms with Gasteiger partial charge in [0.1, 0.15) is 5.00 Å². The Bertz CT molecular complexity index is 561. The van der Waals surface area contributed by atoms with Gasteiger partial charge >= 0.3 is 5.97 Å². The first-order chi connectivity index (χ1) is 11.9. The van der Waals surface area contributed by atoms with Gasteiger partial charge in [-0.25, -0.2) is 4.79 Å². The molecule has 0 aromatic carbocycles. The number of anilines is 1. The lowest BCUT2D eigenvalue weighted by molar-refractivity contribution is -0.117. The second kappa shape index (κ2) is 11.3. The van der Waals surface area contributed by atoms with E-state index in [1.165, 1.54) is 11.3 Å². The van der Waals surface area contributed by atoms with Gasteiger partial charge in [0.25, 0.3) is 0 Å². The largest absolute Gasteiger partial charge is 0.462 e. The number of amides is 1. The predicted octanol–water partition coefficient (Wildman–Crippen LogP) is 4.38. The number of hydrogen-bond donors (Lipinski definition) is 1. The SMILES string of the molecule is CCCCN(CCCC)CC(=O)Nc1sc(C)c(C)c1C(=O)OCC. The smallest absolute Gasteiger partial charge is 0.341 e.